The number of aryl methyl sites for hydroxylation is 1. The van der Waals surface area contributed by atoms with Crippen molar-refractivity contribution in [1.29, 1.82) is 0 Å². The molecule has 1 N–H and O–H groups in total. The molecule has 5 nitrogen and oxygen atoms in total. The first kappa shape index (κ1) is 17.6. The zero-order valence-electron chi connectivity index (χ0n) is 14.1. The van der Waals surface area contributed by atoms with Crippen LogP contribution < -0.4 is 10.1 Å². The van der Waals surface area contributed by atoms with E-state index in [0.717, 1.165) is 32.4 Å². The second-order valence-electron chi connectivity index (χ2n) is 6.07. The van der Waals surface area contributed by atoms with Crippen LogP contribution in [0.2, 0.25) is 0 Å². The van der Waals surface area contributed by atoms with E-state index in [0.29, 0.717) is 24.7 Å². The summed E-state index contributed by atoms with van der Waals surface area (Å²) in [7, 11) is 0. The maximum atomic E-state index is 14.5. The molecule has 26 heavy (non-hydrogen) atoms. The molecule has 3 aromatic rings. The van der Waals surface area contributed by atoms with Gasteiger partial charge in [0.25, 0.3) is 0 Å². The van der Waals surface area contributed by atoms with Crippen LogP contribution in [0.3, 0.4) is 0 Å². The number of benzene rings is 1. The standard InChI is InChI=1S/C18H17BrFN3O2S/c1-10-14-17(21-9-22-18(14)26-16(10)19)23-13-4-2-3-12(20)15(13)25-11-5-7-24-8-6-11/h2-4,9,11H,5-8H2,1H3,(H,21,22,23). The van der Waals surface area contributed by atoms with Crippen LogP contribution in [-0.4, -0.2) is 29.3 Å². The van der Waals surface area contributed by atoms with Crippen LogP contribution in [0.15, 0.2) is 28.3 Å². The quantitative estimate of drug-likeness (QED) is 0.607. The molecule has 0 aliphatic carbocycles. The van der Waals surface area contributed by atoms with Crippen molar-refractivity contribution >= 4 is 49.0 Å². The van der Waals surface area contributed by atoms with E-state index in [9.17, 15) is 4.39 Å². The third-order valence-electron chi connectivity index (χ3n) is 4.34. The van der Waals surface area contributed by atoms with Gasteiger partial charge in [-0.1, -0.05) is 6.07 Å². The maximum absolute atomic E-state index is 14.5. The van der Waals surface area contributed by atoms with Crippen LogP contribution in [-0.2, 0) is 4.74 Å². The summed E-state index contributed by atoms with van der Waals surface area (Å²) < 4.78 is 26.8. The molecule has 0 atom stereocenters. The van der Waals surface area contributed by atoms with Gasteiger partial charge in [0.1, 0.15) is 23.1 Å². The molecule has 136 valence electrons. The minimum atomic E-state index is -0.394. The fraction of sp³-hybridized carbons (Fsp3) is 0.333. The van der Waals surface area contributed by atoms with Crippen LogP contribution in [0.1, 0.15) is 18.4 Å². The van der Waals surface area contributed by atoms with Crippen molar-refractivity contribution in [2.24, 2.45) is 0 Å². The topological polar surface area (TPSA) is 56.3 Å². The molecule has 1 aliphatic rings. The fourth-order valence-corrected chi connectivity index (χ4v) is 4.49. The molecular weight excluding hydrogens is 421 g/mol. The van der Waals surface area contributed by atoms with E-state index in [1.165, 1.54) is 12.4 Å². The second kappa shape index (κ2) is 7.46. The van der Waals surface area contributed by atoms with Crippen molar-refractivity contribution in [3.63, 3.8) is 0 Å². The van der Waals surface area contributed by atoms with Gasteiger partial charge in [0.15, 0.2) is 11.6 Å². The van der Waals surface area contributed by atoms with Crippen LogP contribution in [0.25, 0.3) is 10.2 Å². The Labute approximate surface area is 162 Å². The number of fused-ring (bicyclic) bond motifs is 1. The van der Waals surface area contributed by atoms with Gasteiger partial charge in [-0.2, -0.15) is 0 Å². The smallest absolute Gasteiger partial charge is 0.178 e. The number of halogens is 2. The lowest BCUT2D eigenvalue weighted by Crippen LogP contribution is -2.26. The lowest BCUT2D eigenvalue weighted by Gasteiger charge is -2.25. The molecule has 1 fully saturated rings. The molecule has 8 heteroatoms. The molecule has 0 radical (unpaired) electrons. The number of rotatable bonds is 4. The number of nitrogens with one attached hydrogen (secondary N) is 1. The summed E-state index contributed by atoms with van der Waals surface area (Å²) in [6.45, 7) is 3.27. The highest BCUT2D eigenvalue weighted by Crippen LogP contribution is 2.39. The Morgan fingerprint density at radius 3 is 2.92 bits per heavy atom. The van der Waals surface area contributed by atoms with Crippen molar-refractivity contribution in [2.45, 2.75) is 25.9 Å². The van der Waals surface area contributed by atoms with Gasteiger partial charge < -0.3 is 14.8 Å². The number of aromatic nitrogens is 2. The maximum Gasteiger partial charge on any atom is 0.178 e. The molecule has 0 amide bonds. The highest BCUT2D eigenvalue weighted by molar-refractivity contribution is 9.11. The minimum absolute atomic E-state index is 0.0522. The van der Waals surface area contributed by atoms with Gasteiger partial charge in [0.2, 0.25) is 0 Å². The summed E-state index contributed by atoms with van der Waals surface area (Å²) in [5, 5.41) is 4.16. The van der Waals surface area contributed by atoms with Gasteiger partial charge in [0, 0.05) is 12.8 Å². The third-order valence-corrected chi connectivity index (χ3v) is 6.41. The van der Waals surface area contributed by atoms with E-state index in [-0.39, 0.29) is 11.9 Å². The Morgan fingerprint density at radius 1 is 1.31 bits per heavy atom. The van der Waals surface area contributed by atoms with Crippen molar-refractivity contribution in [1.82, 2.24) is 9.97 Å². The molecule has 1 aromatic carbocycles. The first-order chi connectivity index (χ1) is 12.6. The predicted molar refractivity (Wildman–Crippen MR) is 104 cm³/mol. The first-order valence-corrected chi connectivity index (χ1v) is 9.94. The number of hydrogen-bond acceptors (Lipinski definition) is 6. The van der Waals surface area contributed by atoms with E-state index in [4.69, 9.17) is 9.47 Å². The number of nitrogens with zero attached hydrogens (tertiary/aromatic N) is 2. The SMILES string of the molecule is Cc1c(Br)sc2ncnc(Nc3cccc(F)c3OC3CCOCC3)c12. The highest BCUT2D eigenvalue weighted by Gasteiger charge is 2.21. The average Bonchev–Trinajstić information content (AvgIpc) is 2.94. The van der Waals surface area contributed by atoms with Crippen molar-refractivity contribution in [2.75, 3.05) is 18.5 Å². The summed E-state index contributed by atoms with van der Waals surface area (Å²) in [4.78, 5) is 9.55. The van der Waals surface area contributed by atoms with E-state index in [1.807, 2.05) is 6.92 Å². The number of thiophene rings is 1. The van der Waals surface area contributed by atoms with Gasteiger partial charge in [-0.3, -0.25) is 0 Å². The zero-order valence-corrected chi connectivity index (χ0v) is 16.5. The van der Waals surface area contributed by atoms with Gasteiger partial charge in [0.05, 0.1) is 28.1 Å². The van der Waals surface area contributed by atoms with E-state index in [2.05, 4.69) is 31.2 Å². The van der Waals surface area contributed by atoms with Crippen molar-refractivity contribution in [3.8, 4) is 5.75 Å². The predicted octanol–water partition coefficient (Wildman–Crippen LogP) is 5.20. The lowest BCUT2D eigenvalue weighted by molar-refractivity contribution is 0.0243. The van der Waals surface area contributed by atoms with Gasteiger partial charge in [-0.15, -0.1) is 11.3 Å². The summed E-state index contributed by atoms with van der Waals surface area (Å²) in [5.41, 5.74) is 1.61. The molecule has 0 spiro atoms. The number of hydrogen-bond donors (Lipinski definition) is 1. The Kier molecular flexibility index (Phi) is 5.06. The van der Waals surface area contributed by atoms with Crippen LogP contribution in [0.4, 0.5) is 15.9 Å². The molecule has 0 saturated carbocycles. The average molecular weight is 438 g/mol. The Bertz CT molecular complexity index is 944. The van der Waals surface area contributed by atoms with E-state index >= 15 is 0 Å². The zero-order chi connectivity index (χ0) is 18.1. The molecule has 3 heterocycles. The van der Waals surface area contributed by atoms with E-state index < -0.39 is 5.82 Å². The second-order valence-corrected chi connectivity index (χ2v) is 8.39. The lowest BCUT2D eigenvalue weighted by atomic mass is 10.1. The van der Waals surface area contributed by atoms with Crippen LogP contribution in [0.5, 0.6) is 5.75 Å². The summed E-state index contributed by atoms with van der Waals surface area (Å²) in [6, 6.07) is 4.85. The molecule has 1 saturated heterocycles. The normalized spacial score (nSPS) is 15.3. The Morgan fingerprint density at radius 2 is 2.12 bits per heavy atom. The number of ether oxygens (including phenoxy) is 2. The summed E-state index contributed by atoms with van der Waals surface area (Å²) >= 11 is 5.09. The summed E-state index contributed by atoms with van der Waals surface area (Å²) in [5.74, 6) is 0.463. The van der Waals surface area contributed by atoms with Gasteiger partial charge in [-0.05, 0) is 40.5 Å². The monoisotopic (exact) mass is 437 g/mol. The number of anilines is 2. The van der Waals surface area contributed by atoms with Crippen molar-refractivity contribution in [3.05, 3.63) is 39.7 Å². The van der Waals surface area contributed by atoms with Gasteiger partial charge in [-0.25, -0.2) is 14.4 Å². The molecule has 4 rings (SSSR count). The summed E-state index contributed by atoms with van der Waals surface area (Å²) in [6.07, 6.45) is 2.96. The van der Waals surface area contributed by atoms with Crippen LogP contribution in [0, 0.1) is 12.7 Å². The van der Waals surface area contributed by atoms with E-state index in [1.54, 1.807) is 23.5 Å². The molecular formula is C18H17BrFN3O2S. The molecule has 2 aromatic heterocycles. The Balaban J connectivity index is 1.69. The Hall–Kier alpha value is -1.77. The fourth-order valence-electron chi connectivity index (χ4n) is 2.95. The number of para-hydroxylation sites is 1. The molecule has 1 aliphatic heterocycles. The molecule has 0 unspecified atom stereocenters. The van der Waals surface area contributed by atoms with Crippen molar-refractivity contribution < 1.29 is 13.9 Å². The van der Waals surface area contributed by atoms with Gasteiger partial charge >= 0.3 is 0 Å². The highest BCUT2D eigenvalue weighted by atomic mass is 79.9. The van der Waals surface area contributed by atoms with Crippen LogP contribution >= 0.6 is 27.3 Å². The largest absolute Gasteiger partial charge is 0.485 e. The third kappa shape index (κ3) is 3.41. The minimum Gasteiger partial charge on any atom is -0.485 e. The first-order valence-electron chi connectivity index (χ1n) is 8.33. The molecule has 0 bridgehead atoms.